The number of aromatic nitrogens is 1. The van der Waals surface area contributed by atoms with Gasteiger partial charge < -0.3 is 10.2 Å². The van der Waals surface area contributed by atoms with Crippen LogP contribution < -0.4 is 5.32 Å². The molecule has 3 rings (SSSR count). The van der Waals surface area contributed by atoms with Gasteiger partial charge in [-0.15, -0.1) is 11.3 Å². The Bertz CT molecular complexity index is 658. The second kappa shape index (κ2) is 6.13. The molecule has 4 nitrogen and oxygen atoms in total. The molecule has 0 aliphatic carbocycles. The summed E-state index contributed by atoms with van der Waals surface area (Å²) in [5.74, 6) is -0.00134. The number of carbonyl (C=O) groups is 1. The SMILES string of the molecule is CC1CNCCN1C(=O)c1csc(-c2ccccc2Cl)n1. The number of amides is 1. The molecule has 1 unspecified atom stereocenters. The van der Waals surface area contributed by atoms with E-state index in [1.165, 1.54) is 11.3 Å². The summed E-state index contributed by atoms with van der Waals surface area (Å²) in [6.45, 7) is 4.43. The summed E-state index contributed by atoms with van der Waals surface area (Å²) in [6, 6.07) is 7.74. The molecule has 1 N–H and O–H groups in total. The minimum atomic E-state index is -0.00134. The van der Waals surface area contributed by atoms with E-state index >= 15 is 0 Å². The quantitative estimate of drug-likeness (QED) is 0.925. The first kappa shape index (κ1) is 14.5. The van der Waals surface area contributed by atoms with Crippen molar-refractivity contribution in [3.05, 3.63) is 40.4 Å². The van der Waals surface area contributed by atoms with Gasteiger partial charge in [0.15, 0.2) is 0 Å². The van der Waals surface area contributed by atoms with Crippen LogP contribution >= 0.6 is 22.9 Å². The predicted molar refractivity (Wildman–Crippen MR) is 85.9 cm³/mol. The standard InChI is InChI=1S/C15H16ClN3OS/c1-10-8-17-6-7-19(10)15(20)13-9-21-14(18-13)11-4-2-3-5-12(11)16/h2-5,9-10,17H,6-8H2,1H3. The van der Waals surface area contributed by atoms with Crippen molar-refractivity contribution in [2.24, 2.45) is 0 Å². The Hall–Kier alpha value is -1.43. The second-order valence-corrected chi connectivity index (χ2v) is 6.33. The molecular weight excluding hydrogens is 306 g/mol. The van der Waals surface area contributed by atoms with Crippen molar-refractivity contribution in [3.63, 3.8) is 0 Å². The number of carbonyl (C=O) groups excluding carboxylic acids is 1. The van der Waals surface area contributed by atoms with Crippen LogP contribution in [0.15, 0.2) is 29.6 Å². The maximum atomic E-state index is 12.5. The van der Waals surface area contributed by atoms with Crippen LogP contribution in [-0.2, 0) is 0 Å². The van der Waals surface area contributed by atoms with Crippen molar-refractivity contribution in [1.29, 1.82) is 0 Å². The van der Waals surface area contributed by atoms with Crippen LogP contribution in [0.2, 0.25) is 5.02 Å². The summed E-state index contributed by atoms with van der Waals surface area (Å²) < 4.78 is 0. The van der Waals surface area contributed by atoms with Crippen molar-refractivity contribution in [2.75, 3.05) is 19.6 Å². The number of nitrogens with one attached hydrogen (secondary N) is 1. The summed E-state index contributed by atoms with van der Waals surface area (Å²) in [4.78, 5) is 18.9. The number of hydrogen-bond donors (Lipinski definition) is 1. The van der Waals surface area contributed by atoms with E-state index in [2.05, 4.69) is 10.3 Å². The van der Waals surface area contributed by atoms with E-state index in [1.807, 2.05) is 41.5 Å². The molecule has 0 saturated carbocycles. The molecule has 0 bridgehead atoms. The maximum Gasteiger partial charge on any atom is 0.273 e. The van der Waals surface area contributed by atoms with E-state index in [9.17, 15) is 4.79 Å². The Balaban J connectivity index is 1.85. The van der Waals surface area contributed by atoms with Gasteiger partial charge in [-0.3, -0.25) is 4.79 Å². The molecule has 1 aromatic carbocycles. The molecule has 1 aliphatic rings. The highest BCUT2D eigenvalue weighted by atomic mass is 35.5. The summed E-state index contributed by atoms with van der Waals surface area (Å²) in [5, 5.41) is 6.53. The van der Waals surface area contributed by atoms with E-state index in [-0.39, 0.29) is 11.9 Å². The van der Waals surface area contributed by atoms with Gasteiger partial charge in [0, 0.05) is 36.6 Å². The van der Waals surface area contributed by atoms with Gasteiger partial charge in [0.05, 0.1) is 5.02 Å². The fraction of sp³-hybridized carbons (Fsp3) is 0.333. The number of nitrogens with zero attached hydrogens (tertiary/aromatic N) is 2. The van der Waals surface area contributed by atoms with E-state index in [4.69, 9.17) is 11.6 Å². The van der Waals surface area contributed by atoms with E-state index in [1.54, 1.807) is 0 Å². The zero-order valence-electron chi connectivity index (χ0n) is 11.7. The van der Waals surface area contributed by atoms with Crippen molar-refractivity contribution in [1.82, 2.24) is 15.2 Å². The number of rotatable bonds is 2. The molecule has 2 heterocycles. The molecule has 2 aromatic rings. The van der Waals surface area contributed by atoms with Crippen molar-refractivity contribution < 1.29 is 4.79 Å². The van der Waals surface area contributed by atoms with Crippen LogP contribution in [0, 0.1) is 0 Å². The molecule has 1 aromatic heterocycles. The molecule has 1 saturated heterocycles. The normalized spacial score (nSPS) is 18.8. The lowest BCUT2D eigenvalue weighted by molar-refractivity contribution is 0.0650. The first-order valence-electron chi connectivity index (χ1n) is 6.89. The molecule has 21 heavy (non-hydrogen) atoms. The lowest BCUT2D eigenvalue weighted by Gasteiger charge is -2.33. The third-order valence-electron chi connectivity index (χ3n) is 3.59. The number of piperazine rings is 1. The second-order valence-electron chi connectivity index (χ2n) is 5.07. The molecule has 110 valence electrons. The lowest BCUT2D eigenvalue weighted by atomic mass is 10.2. The van der Waals surface area contributed by atoms with Crippen molar-refractivity contribution >= 4 is 28.8 Å². The molecular formula is C15H16ClN3OS. The smallest absolute Gasteiger partial charge is 0.273 e. The minimum absolute atomic E-state index is 0.00134. The number of halogens is 1. The summed E-state index contributed by atoms with van der Waals surface area (Å²) in [7, 11) is 0. The van der Waals surface area contributed by atoms with E-state index in [0.717, 1.165) is 30.2 Å². The third-order valence-corrected chi connectivity index (χ3v) is 4.79. The Kier molecular flexibility index (Phi) is 4.24. The van der Waals surface area contributed by atoms with Crippen LogP contribution in [0.25, 0.3) is 10.6 Å². The van der Waals surface area contributed by atoms with Gasteiger partial charge in [0.2, 0.25) is 0 Å². The van der Waals surface area contributed by atoms with Crippen LogP contribution in [0.4, 0.5) is 0 Å². The molecule has 1 amide bonds. The average molecular weight is 322 g/mol. The Morgan fingerprint density at radius 1 is 1.48 bits per heavy atom. The first-order chi connectivity index (χ1) is 10.2. The highest BCUT2D eigenvalue weighted by Crippen LogP contribution is 2.30. The molecule has 1 atom stereocenters. The van der Waals surface area contributed by atoms with Gasteiger partial charge in [0.1, 0.15) is 10.7 Å². The van der Waals surface area contributed by atoms with Crippen molar-refractivity contribution in [2.45, 2.75) is 13.0 Å². The zero-order chi connectivity index (χ0) is 14.8. The molecule has 1 aliphatic heterocycles. The van der Waals surface area contributed by atoms with Gasteiger partial charge in [-0.25, -0.2) is 4.98 Å². The average Bonchev–Trinajstić information content (AvgIpc) is 2.97. The van der Waals surface area contributed by atoms with Crippen LogP contribution in [0.1, 0.15) is 17.4 Å². The lowest BCUT2D eigenvalue weighted by Crippen LogP contribution is -2.52. The van der Waals surface area contributed by atoms with Gasteiger partial charge in [0.25, 0.3) is 5.91 Å². The molecule has 6 heteroatoms. The Morgan fingerprint density at radius 3 is 3.05 bits per heavy atom. The van der Waals surface area contributed by atoms with Crippen LogP contribution in [0.5, 0.6) is 0 Å². The largest absolute Gasteiger partial charge is 0.332 e. The highest BCUT2D eigenvalue weighted by molar-refractivity contribution is 7.13. The van der Waals surface area contributed by atoms with Gasteiger partial charge in [-0.05, 0) is 13.0 Å². The fourth-order valence-corrected chi connectivity index (χ4v) is 3.53. The number of hydrogen-bond acceptors (Lipinski definition) is 4. The first-order valence-corrected chi connectivity index (χ1v) is 8.14. The number of benzene rings is 1. The Morgan fingerprint density at radius 2 is 2.29 bits per heavy atom. The monoisotopic (exact) mass is 321 g/mol. The zero-order valence-corrected chi connectivity index (χ0v) is 13.2. The predicted octanol–water partition coefficient (Wildman–Crippen LogP) is 2.90. The van der Waals surface area contributed by atoms with Gasteiger partial charge >= 0.3 is 0 Å². The molecule has 1 fully saturated rings. The van der Waals surface area contributed by atoms with Gasteiger partial charge in [-0.2, -0.15) is 0 Å². The summed E-state index contributed by atoms with van der Waals surface area (Å²) >= 11 is 7.63. The molecule has 0 spiro atoms. The van der Waals surface area contributed by atoms with Gasteiger partial charge in [-0.1, -0.05) is 29.8 Å². The van der Waals surface area contributed by atoms with Crippen LogP contribution in [-0.4, -0.2) is 41.5 Å². The van der Waals surface area contributed by atoms with E-state index < -0.39 is 0 Å². The fourth-order valence-electron chi connectivity index (χ4n) is 2.42. The van der Waals surface area contributed by atoms with Crippen molar-refractivity contribution in [3.8, 4) is 10.6 Å². The highest BCUT2D eigenvalue weighted by Gasteiger charge is 2.25. The van der Waals surface area contributed by atoms with Crippen LogP contribution in [0.3, 0.4) is 0 Å². The topological polar surface area (TPSA) is 45.2 Å². The maximum absolute atomic E-state index is 12.5. The Labute approximate surface area is 132 Å². The summed E-state index contributed by atoms with van der Waals surface area (Å²) in [6.07, 6.45) is 0. The third kappa shape index (κ3) is 2.95. The minimum Gasteiger partial charge on any atom is -0.332 e. The number of thiazole rings is 1. The molecule has 0 radical (unpaired) electrons. The van der Waals surface area contributed by atoms with E-state index in [0.29, 0.717) is 10.7 Å². The summed E-state index contributed by atoms with van der Waals surface area (Å²) in [5.41, 5.74) is 1.38.